The Hall–Kier alpha value is -1.94. The first-order valence-corrected chi connectivity index (χ1v) is 38.5. The zero-order valence-electron chi connectivity index (χ0n) is 56.3. The summed E-state index contributed by atoms with van der Waals surface area (Å²) in [7, 11) is -9.89. The lowest BCUT2D eigenvalue weighted by Gasteiger charge is -2.21. The number of phosphoric acid groups is 2. The van der Waals surface area contributed by atoms with Gasteiger partial charge in [0.05, 0.1) is 26.4 Å². The average molecular weight is 1280 g/mol. The molecule has 87 heavy (non-hydrogen) atoms. The molecule has 0 amide bonds. The van der Waals surface area contributed by atoms with Gasteiger partial charge < -0.3 is 33.8 Å². The molecule has 2 unspecified atom stereocenters. The summed E-state index contributed by atoms with van der Waals surface area (Å²) in [5.74, 6) is -0.656. The zero-order valence-corrected chi connectivity index (χ0v) is 58.1. The summed E-state index contributed by atoms with van der Waals surface area (Å²) in [5, 5.41) is 10.6. The molecule has 3 N–H and O–H groups in total. The van der Waals surface area contributed by atoms with E-state index < -0.39 is 97.5 Å². The van der Waals surface area contributed by atoms with E-state index >= 15 is 0 Å². The topological polar surface area (TPSA) is 237 Å². The van der Waals surface area contributed by atoms with Gasteiger partial charge >= 0.3 is 39.5 Å². The Labute approximate surface area is 530 Å². The number of phosphoric ester groups is 2. The Morgan fingerprint density at radius 3 is 0.782 bits per heavy atom. The summed E-state index contributed by atoms with van der Waals surface area (Å²) in [5.41, 5.74) is 0. The number of rotatable bonds is 67. The minimum atomic E-state index is -4.95. The Bertz CT molecular complexity index is 1700. The fourth-order valence-electron chi connectivity index (χ4n) is 10.2. The van der Waals surface area contributed by atoms with Crippen molar-refractivity contribution in [1.29, 1.82) is 0 Å². The molecular weight excluding hydrogens is 1150 g/mol. The quantitative estimate of drug-likeness (QED) is 0.0222. The maximum Gasteiger partial charge on any atom is 0.472 e. The normalized spacial score (nSPS) is 14.2. The summed E-state index contributed by atoms with van der Waals surface area (Å²) < 4.78 is 68.2. The summed E-state index contributed by atoms with van der Waals surface area (Å²) in [6, 6.07) is 0. The van der Waals surface area contributed by atoms with Crippen molar-refractivity contribution in [3.63, 3.8) is 0 Å². The second kappa shape index (κ2) is 60.3. The molecule has 17 nitrogen and oxygen atoms in total. The fraction of sp³-hybridized carbons (Fsp3) is 0.941. The third-order valence-electron chi connectivity index (χ3n) is 15.7. The molecule has 0 radical (unpaired) electrons. The van der Waals surface area contributed by atoms with Gasteiger partial charge in [0, 0.05) is 25.7 Å². The van der Waals surface area contributed by atoms with Crippen molar-refractivity contribution < 1.29 is 80.2 Å². The van der Waals surface area contributed by atoms with Crippen molar-refractivity contribution in [2.24, 2.45) is 11.8 Å². The van der Waals surface area contributed by atoms with E-state index in [2.05, 4.69) is 41.5 Å². The molecule has 0 bridgehead atoms. The van der Waals surface area contributed by atoms with E-state index in [9.17, 15) is 43.2 Å². The molecule has 0 aliphatic heterocycles. The molecule has 0 rings (SSSR count). The van der Waals surface area contributed by atoms with Crippen LogP contribution in [-0.4, -0.2) is 96.7 Å². The lowest BCUT2D eigenvalue weighted by Crippen LogP contribution is -2.30. The Morgan fingerprint density at radius 1 is 0.310 bits per heavy atom. The van der Waals surface area contributed by atoms with Gasteiger partial charge in [-0.2, -0.15) is 0 Å². The number of ether oxygens (including phenoxy) is 4. The highest BCUT2D eigenvalue weighted by molar-refractivity contribution is 7.47. The maximum absolute atomic E-state index is 13.0. The van der Waals surface area contributed by atoms with Crippen molar-refractivity contribution in [1.82, 2.24) is 0 Å². The summed E-state index contributed by atoms with van der Waals surface area (Å²) >= 11 is 0. The minimum absolute atomic E-state index is 0.104. The number of esters is 4. The van der Waals surface area contributed by atoms with Crippen LogP contribution in [0, 0.1) is 11.8 Å². The predicted octanol–water partition coefficient (Wildman–Crippen LogP) is 19.2. The van der Waals surface area contributed by atoms with Crippen molar-refractivity contribution in [2.45, 2.75) is 362 Å². The molecule has 516 valence electrons. The standard InChI is InChI=1S/C68H132O17P2/c1-7-9-11-13-15-17-19-23-27-33-39-45-51-66(71)79-56-63(84-67(72)52-46-40-34-28-24-21-20-22-25-30-36-42-48-60(3)4)58-82-86(74,75)80-54-62(69)55-81-87(76,77)83-59-64(85-68(73)53-47-41-35-29-31-37-43-49-61(5)6)57-78-65(70)50-44-38-32-26-18-16-14-12-10-8-2/h60-64,69H,7-59H2,1-6H3,(H,74,75)(H,76,77)/t62-,63-,64-/m1/s1. The second-order valence-corrected chi connectivity index (χ2v) is 28.4. The monoisotopic (exact) mass is 1280 g/mol. The molecule has 0 aromatic carbocycles. The first-order chi connectivity index (χ1) is 41.9. The van der Waals surface area contributed by atoms with E-state index in [1.165, 1.54) is 161 Å². The molecule has 0 aliphatic carbocycles. The average Bonchev–Trinajstić information content (AvgIpc) is 3.60. The SMILES string of the molecule is CCCCCCCCCCCCCCC(=O)OC[C@H](COP(=O)(O)OC[C@@H](O)COP(=O)(O)OC[C@@H](COC(=O)CCCCCCCCCCCC)OC(=O)CCCCCCCCCC(C)C)OC(=O)CCCCCCCCCCCCCCC(C)C. The smallest absolute Gasteiger partial charge is 0.462 e. The van der Waals surface area contributed by atoms with Gasteiger partial charge in [-0.05, 0) is 37.5 Å². The van der Waals surface area contributed by atoms with Crippen LogP contribution in [0.1, 0.15) is 343 Å². The second-order valence-electron chi connectivity index (χ2n) is 25.5. The van der Waals surface area contributed by atoms with Crippen LogP contribution in [0.15, 0.2) is 0 Å². The Balaban J connectivity index is 5.24. The van der Waals surface area contributed by atoms with E-state index in [-0.39, 0.29) is 25.7 Å². The van der Waals surface area contributed by atoms with Crippen molar-refractivity contribution in [2.75, 3.05) is 39.6 Å². The fourth-order valence-corrected chi connectivity index (χ4v) is 11.8. The van der Waals surface area contributed by atoms with E-state index in [4.69, 9.17) is 37.0 Å². The van der Waals surface area contributed by atoms with E-state index in [1.54, 1.807) is 0 Å². The number of hydrogen-bond donors (Lipinski definition) is 3. The number of unbranched alkanes of at least 4 members (excludes halogenated alkanes) is 37. The molecule has 0 heterocycles. The summed E-state index contributed by atoms with van der Waals surface area (Å²) in [4.78, 5) is 72.4. The molecule has 0 fully saturated rings. The van der Waals surface area contributed by atoms with Gasteiger partial charge in [0.25, 0.3) is 0 Å². The number of hydrogen-bond acceptors (Lipinski definition) is 15. The highest BCUT2D eigenvalue weighted by Crippen LogP contribution is 2.45. The van der Waals surface area contributed by atoms with E-state index in [0.717, 1.165) is 95.8 Å². The van der Waals surface area contributed by atoms with Crippen LogP contribution in [0.3, 0.4) is 0 Å². The van der Waals surface area contributed by atoms with Gasteiger partial charge in [-0.25, -0.2) is 9.13 Å². The van der Waals surface area contributed by atoms with Gasteiger partial charge in [-0.15, -0.1) is 0 Å². The minimum Gasteiger partial charge on any atom is -0.462 e. The summed E-state index contributed by atoms with van der Waals surface area (Å²) in [6.07, 6.45) is 44.4. The third kappa shape index (κ3) is 62.6. The van der Waals surface area contributed by atoms with Crippen LogP contribution in [0.5, 0.6) is 0 Å². The van der Waals surface area contributed by atoms with Gasteiger partial charge in [0.1, 0.15) is 19.3 Å². The molecule has 0 spiro atoms. The van der Waals surface area contributed by atoms with E-state index in [1.807, 2.05) is 0 Å². The third-order valence-corrected chi connectivity index (χ3v) is 17.6. The van der Waals surface area contributed by atoms with Crippen LogP contribution in [0.4, 0.5) is 0 Å². The highest BCUT2D eigenvalue weighted by Gasteiger charge is 2.30. The highest BCUT2D eigenvalue weighted by atomic mass is 31.2. The van der Waals surface area contributed by atoms with Crippen molar-refractivity contribution in [3.8, 4) is 0 Å². The lowest BCUT2D eigenvalue weighted by atomic mass is 10.0. The lowest BCUT2D eigenvalue weighted by molar-refractivity contribution is -0.161. The molecule has 0 aromatic rings. The predicted molar refractivity (Wildman–Crippen MR) is 349 cm³/mol. The van der Waals surface area contributed by atoms with E-state index in [0.29, 0.717) is 31.6 Å². The van der Waals surface area contributed by atoms with Crippen molar-refractivity contribution >= 4 is 39.5 Å². The van der Waals surface area contributed by atoms with Crippen LogP contribution in [0.25, 0.3) is 0 Å². The molecule has 0 aromatic heterocycles. The zero-order chi connectivity index (χ0) is 64.3. The molecular formula is C68H132O17P2. The first kappa shape index (κ1) is 85.1. The van der Waals surface area contributed by atoms with Gasteiger partial charge in [0.2, 0.25) is 0 Å². The molecule has 19 heteroatoms. The molecule has 0 saturated heterocycles. The number of aliphatic hydroxyl groups is 1. The van der Waals surface area contributed by atoms with Gasteiger partial charge in [-0.3, -0.25) is 37.3 Å². The van der Waals surface area contributed by atoms with Gasteiger partial charge in [0.15, 0.2) is 12.2 Å². The number of aliphatic hydroxyl groups excluding tert-OH is 1. The molecule has 5 atom stereocenters. The van der Waals surface area contributed by atoms with Gasteiger partial charge in [-0.1, -0.05) is 292 Å². The Kier molecular flexibility index (Phi) is 59.0. The van der Waals surface area contributed by atoms with Crippen molar-refractivity contribution in [3.05, 3.63) is 0 Å². The maximum atomic E-state index is 13.0. The largest absolute Gasteiger partial charge is 0.472 e. The van der Waals surface area contributed by atoms with Crippen LogP contribution >= 0.6 is 15.6 Å². The van der Waals surface area contributed by atoms with Crippen LogP contribution < -0.4 is 0 Å². The first-order valence-electron chi connectivity index (χ1n) is 35.5. The van der Waals surface area contributed by atoms with Crippen LogP contribution in [0.2, 0.25) is 0 Å². The number of carbonyl (C=O) groups is 4. The summed E-state index contributed by atoms with van der Waals surface area (Å²) in [6.45, 7) is 9.47. The number of carbonyl (C=O) groups excluding carboxylic acids is 4. The molecule has 0 aliphatic rings. The Morgan fingerprint density at radius 2 is 0.529 bits per heavy atom. The molecule has 0 saturated carbocycles. The van der Waals surface area contributed by atoms with Crippen LogP contribution in [-0.2, 0) is 65.4 Å².